The fourth-order valence-electron chi connectivity index (χ4n) is 2.00. The minimum Gasteiger partial charge on any atom is -0.489 e. The monoisotopic (exact) mass is 398 g/mol. The lowest BCUT2D eigenvalue weighted by molar-refractivity contribution is 0.0696. The average molecular weight is 398 g/mol. The van der Waals surface area contributed by atoms with E-state index in [1.807, 2.05) is 0 Å². The number of anilines is 1. The van der Waals surface area contributed by atoms with Crippen molar-refractivity contribution in [3.8, 4) is 5.75 Å². The van der Waals surface area contributed by atoms with E-state index >= 15 is 0 Å². The Labute approximate surface area is 154 Å². The number of nitrogens with one attached hydrogen (secondary N) is 2. The van der Waals surface area contributed by atoms with E-state index in [1.165, 1.54) is 36.7 Å². The molecule has 0 unspecified atom stereocenters. The molecule has 0 bridgehead atoms. The van der Waals surface area contributed by atoms with E-state index in [0.717, 1.165) is 11.3 Å². The SMILES string of the molecule is CNS(=O)(=O)c1csc(C(=O)Nc2cc(C(=O)O)ccc2OC(C)C)c1. The van der Waals surface area contributed by atoms with Crippen LogP contribution in [0.3, 0.4) is 0 Å². The van der Waals surface area contributed by atoms with Crippen LogP contribution in [0.1, 0.15) is 33.9 Å². The Hall–Kier alpha value is -2.43. The number of thiophene rings is 1. The molecule has 1 aromatic heterocycles. The van der Waals surface area contributed by atoms with Gasteiger partial charge < -0.3 is 15.2 Å². The summed E-state index contributed by atoms with van der Waals surface area (Å²) >= 11 is 0.961. The molecule has 0 aliphatic heterocycles. The maximum absolute atomic E-state index is 12.4. The number of aromatic carboxylic acids is 1. The Morgan fingerprint density at radius 3 is 2.50 bits per heavy atom. The van der Waals surface area contributed by atoms with Crippen LogP contribution >= 0.6 is 11.3 Å². The highest BCUT2D eigenvalue weighted by atomic mass is 32.2. The summed E-state index contributed by atoms with van der Waals surface area (Å²) in [6.07, 6.45) is -0.185. The molecule has 1 heterocycles. The number of carbonyl (C=O) groups excluding carboxylic acids is 1. The molecule has 1 aromatic carbocycles. The third-order valence-corrected chi connectivity index (χ3v) is 5.69. The number of carboxylic acid groups (broad SMARTS) is 1. The quantitative estimate of drug-likeness (QED) is 0.658. The standard InChI is InChI=1S/C16H18N2O6S2/c1-9(2)24-13-5-4-10(16(20)21)6-12(13)18-15(19)14-7-11(8-25-14)26(22,23)17-3/h4-9,17H,1-3H3,(H,18,19)(H,20,21). The summed E-state index contributed by atoms with van der Waals surface area (Å²) in [6.45, 7) is 3.59. The van der Waals surface area contributed by atoms with Crippen molar-refractivity contribution in [2.75, 3.05) is 12.4 Å². The normalized spacial score (nSPS) is 11.4. The first-order valence-electron chi connectivity index (χ1n) is 7.51. The molecule has 1 amide bonds. The molecule has 140 valence electrons. The van der Waals surface area contributed by atoms with Crippen molar-refractivity contribution in [3.63, 3.8) is 0 Å². The van der Waals surface area contributed by atoms with Crippen LogP contribution in [0.5, 0.6) is 5.75 Å². The number of hydrogen-bond acceptors (Lipinski definition) is 6. The van der Waals surface area contributed by atoms with Crippen LogP contribution in [0.15, 0.2) is 34.5 Å². The van der Waals surface area contributed by atoms with Crippen molar-refractivity contribution in [3.05, 3.63) is 40.1 Å². The summed E-state index contributed by atoms with van der Waals surface area (Å²) in [5, 5.41) is 13.1. The summed E-state index contributed by atoms with van der Waals surface area (Å²) in [5.74, 6) is -1.39. The van der Waals surface area contributed by atoms with E-state index in [4.69, 9.17) is 9.84 Å². The van der Waals surface area contributed by atoms with Gasteiger partial charge in [-0.1, -0.05) is 0 Å². The molecule has 0 fully saturated rings. The number of rotatable bonds is 7. The summed E-state index contributed by atoms with van der Waals surface area (Å²) in [7, 11) is -2.37. The lowest BCUT2D eigenvalue weighted by atomic mass is 10.2. The topological polar surface area (TPSA) is 122 Å². The maximum atomic E-state index is 12.4. The van der Waals surface area contributed by atoms with Crippen LogP contribution in [-0.2, 0) is 10.0 Å². The molecule has 3 N–H and O–H groups in total. The van der Waals surface area contributed by atoms with Gasteiger partial charge in [-0.25, -0.2) is 17.9 Å². The number of amides is 1. The van der Waals surface area contributed by atoms with Gasteiger partial charge in [0.15, 0.2) is 0 Å². The van der Waals surface area contributed by atoms with Gasteiger partial charge in [-0.05, 0) is 45.2 Å². The molecule has 26 heavy (non-hydrogen) atoms. The fourth-order valence-corrected chi connectivity index (χ4v) is 3.90. The lowest BCUT2D eigenvalue weighted by Crippen LogP contribution is -2.18. The highest BCUT2D eigenvalue weighted by Gasteiger charge is 2.19. The Bertz CT molecular complexity index is 934. The molecule has 0 spiro atoms. The van der Waals surface area contributed by atoms with Gasteiger partial charge in [0.1, 0.15) is 5.75 Å². The van der Waals surface area contributed by atoms with Gasteiger partial charge in [0, 0.05) is 5.38 Å². The zero-order valence-electron chi connectivity index (χ0n) is 14.3. The molecular formula is C16H18N2O6S2. The van der Waals surface area contributed by atoms with E-state index in [9.17, 15) is 18.0 Å². The molecule has 0 saturated carbocycles. The summed E-state index contributed by atoms with van der Waals surface area (Å²) in [5.41, 5.74) is 0.177. The van der Waals surface area contributed by atoms with E-state index in [0.29, 0.717) is 5.75 Å². The average Bonchev–Trinajstić information content (AvgIpc) is 3.06. The third kappa shape index (κ3) is 4.59. The smallest absolute Gasteiger partial charge is 0.335 e. The first-order valence-corrected chi connectivity index (χ1v) is 9.87. The Kier molecular flexibility index (Phi) is 6.01. The number of carboxylic acids is 1. The summed E-state index contributed by atoms with van der Waals surface area (Å²) in [6, 6.07) is 5.37. The molecule has 0 atom stereocenters. The number of hydrogen-bond donors (Lipinski definition) is 3. The van der Waals surface area contributed by atoms with Gasteiger partial charge in [0.2, 0.25) is 10.0 Å². The second-order valence-electron chi connectivity index (χ2n) is 5.49. The molecule has 2 rings (SSSR count). The maximum Gasteiger partial charge on any atom is 0.335 e. The second kappa shape index (κ2) is 7.85. The molecular weight excluding hydrogens is 380 g/mol. The van der Waals surface area contributed by atoms with Gasteiger partial charge in [-0.3, -0.25) is 4.79 Å². The number of benzene rings is 1. The third-order valence-electron chi connectivity index (χ3n) is 3.22. The van der Waals surface area contributed by atoms with Crippen LogP contribution in [0.4, 0.5) is 5.69 Å². The molecule has 2 aromatic rings. The largest absolute Gasteiger partial charge is 0.489 e. The van der Waals surface area contributed by atoms with Crippen molar-refractivity contribution in [2.45, 2.75) is 24.8 Å². The van der Waals surface area contributed by atoms with Gasteiger partial charge >= 0.3 is 5.97 Å². The van der Waals surface area contributed by atoms with Gasteiger partial charge in [-0.2, -0.15) is 0 Å². The second-order valence-corrected chi connectivity index (χ2v) is 8.29. The van der Waals surface area contributed by atoms with Crippen LogP contribution in [-0.4, -0.2) is 38.6 Å². The first-order chi connectivity index (χ1) is 12.1. The molecule has 0 aliphatic carbocycles. The Balaban J connectivity index is 2.33. The van der Waals surface area contributed by atoms with E-state index in [-0.39, 0.29) is 27.1 Å². The zero-order valence-corrected chi connectivity index (χ0v) is 15.9. The predicted octanol–water partition coefficient (Wildman–Crippen LogP) is 2.39. The summed E-state index contributed by atoms with van der Waals surface area (Å²) < 4.78 is 31.3. The highest BCUT2D eigenvalue weighted by molar-refractivity contribution is 7.89. The minimum atomic E-state index is -3.65. The Morgan fingerprint density at radius 1 is 1.23 bits per heavy atom. The van der Waals surface area contributed by atoms with Gasteiger partial charge in [-0.15, -0.1) is 11.3 Å². The van der Waals surface area contributed by atoms with Crippen molar-refractivity contribution in [1.29, 1.82) is 0 Å². The van der Waals surface area contributed by atoms with Crippen molar-refractivity contribution < 1.29 is 27.9 Å². The lowest BCUT2D eigenvalue weighted by Gasteiger charge is -2.15. The van der Waals surface area contributed by atoms with Gasteiger partial charge in [0.25, 0.3) is 5.91 Å². The van der Waals surface area contributed by atoms with Crippen molar-refractivity contribution >= 4 is 38.9 Å². The molecule has 0 aliphatic rings. The molecule has 0 radical (unpaired) electrons. The van der Waals surface area contributed by atoms with Crippen LogP contribution in [0, 0.1) is 0 Å². The van der Waals surface area contributed by atoms with Gasteiger partial charge in [0.05, 0.1) is 27.1 Å². The number of sulfonamides is 1. The Morgan fingerprint density at radius 2 is 1.92 bits per heavy atom. The van der Waals surface area contributed by atoms with Crippen LogP contribution in [0.2, 0.25) is 0 Å². The van der Waals surface area contributed by atoms with Crippen molar-refractivity contribution in [1.82, 2.24) is 4.72 Å². The minimum absolute atomic E-state index is 0.0129. The van der Waals surface area contributed by atoms with Crippen molar-refractivity contribution in [2.24, 2.45) is 0 Å². The van der Waals surface area contributed by atoms with Crippen LogP contribution in [0.25, 0.3) is 0 Å². The summed E-state index contributed by atoms with van der Waals surface area (Å²) in [4.78, 5) is 23.7. The molecule has 8 nitrogen and oxygen atoms in total. The molecule has 10 heteroatoms. The van der Waals surface area contributed by atoms with E-state index < -0.39 is 21.9 Å². The highest BCUT2D eigenvalue weighted by Crippen LogP contribution is 2.28. The first kappa shape index (κ1) is 19.9. The molecule has 0 saturated heterocycles. The zero-order chi connectivity index (χ0) is 19.5. The predicted molar refractivity (Wildman–Crippen MR) is 97.7 cm³/mol. The van der Waals surface area contributed by atoms with E-state index in [1.54, 1.807) is 13.8 Å². The van der Waals surface area contributed by atoms with E-state index in [2.05, 4.69) is 10.0 Å². The van der Waals surface area contributed by atoms with Crippen LogP contribution < -0.4 is 14.8 Å². The number of carbonyl (C=O) groups is 2. The number of ether oxygens (including phenoxy) is 1. The fraction of sp³-hybridized carbons (Fsp3) is 0.250.